The highest BCUT2D eigenvalue weighted by atomic mass is 16.2. The maximum absolute atomic E-state index is 13.1. The molecule has 0 spiro atoms. The molecule has 2 aromatic rings. The van der Waals surface area contributed by atoms with Crippen molar-refractivity contribution in [3.8, 4) is 11.8 Å². The second kappa shape index (κ2) is 8.81. The minimum absolute atomic E-state index is 0.0577. The van der Waals surface area contributed by atoms with E-state index in [-0.39, 0.29) is 24.3 Å². The van der Waals surface area contributed by atoms with Crippen LogP contribution in [0, 0.1) is 17.8 Å². The van der Waals surface area contributed by atoms with Gasteiger partial charge in [-0.3, -0.25) is 39.0 Å². The van der Waals surface area contributed by atoms with Crippen LogP contribution in [0.1, 0.15) is 59.9 Å². The van der Waals surface area contributed by atoms with Crippen molar-refractivity contribution in [2.75, 3.05) is 31.1 Å². The summed E-state index contributed by atoms with van der Waals surface area (Å²) >= 11 is 0. The van der Waals surface area contributed by atoms with E-state index in [1.807, 2.05) is 23.1 Å². The smallest absolute Gasteiger partial charge is 0.262 e. The molecular formula is C28H30N6O4. The molecule has 0 radical (unpaired) electrons. The maximum Gasteiger partial charge on any atom is 0.262 e. The van der Waals surface area contributed by atoms with Crippen molar-refractivity contribution < 1.29 is 19.2 Å². The van der Waals surface area contributed by atoms with Crippen molar-refractivity contribution in [1.82, 2.24) is 24.9 Å². The lowest BCUT2D eigenvalue weighted by atomic mass is 9.94. The summed E-state index contributed by atoms with van der Waals surface area (Å²) in [6, 6.07) is 4.76. The van der Waals surface area contributed by atoms with Gasteiger partial charge >= 0.3 is 0 Å². The highest BCUT2D eigenvalue weighted by Crippen LogP contribution is 2.33. The molecular weight excluding hydrogens is 484 g/mol. The van der Waals surface area contributed by atoms with E-state index < -0.39 is 23.8 Å². The number of carbonyl (C=O) groups excluding carboxylic acids is 4. The van der Waals surface area contributed by atoms with Crippen LogP contribution in [0.25, 0.3) is 0 Å². The van der Waals surface area contributed by atoms with Crippen LogP contribution in [0.15, 0.2) is 30.6 Å². The molecule has 10 nitrogen and oxygen atoms in total. The zero-order valence-corrected chi connectivity index (χ0v) is 21.7. The lowest BCUT2D eigenvalue weighted by Crippen LogP contribution is -2.65. The Labute approximate surface area is 220 Å². The van der Waals surface area contributed by atoms with Gasteiger partial charge in [-0.15, -0.1) is 0 Å². The molecule has 1 N–H and O–H groups in total. The molecule has 4 amide bonds. The quantitative estimate of drug-likeness (QED) is 0.485. The molecule has 196 valence electrons. The summed E-state index contributed by atoms with van der Waals surface area (Å²) in [4.78, 5) is 55.4. The van der Waals surface area contributed by atoms with Gasteiger partial charge in [0.15, 0.2) is 0 Å². The third kappa shape index (κ3) is 4.17. The molecule has 1 aromatic carbocycles. The first-order valence-corrected chi connectivity index (χ1v) is 13.0. The van der Waals surface area contributed by atoms with E-state index in [4.69, 9.17) is 0 Å². The zero-order valence-electron chi connectivity index (χ0n) is 21.7. The number of nitrogens with zero attached hydrogens (tertiary/aromatic N) is 5. The summed E-state index contributed by atoms with van der Waals surface area (Å²) in [6.45, 7) is 9.90. The fourth-order valence-electron chi connectivity index (χ4n) is 5.39. The van der Waals surface area contributed by atoms with Crippen LogP contribution in [0.4, 0.5) is 5.69 Å². The Morgan fingerprint density at radius 2 is 1.74 bits per heavy atom. The number of piperidine rings is 1. The summed E-state index contributed by atoms with van der Waals surface area (Å²) in [6.07, 6.45) is 4.07. The molecule has 6 rings (SSSR count). The SMILES string of the molecule is CC(C)(C)n1cc(C#CC2CN(C3CN(c4ccc5c(c4)C(=O)N(C4CCC(=O)NC4=O)C5=O)C3)C2)cn1. The number of carbonyl (C=O) groups is 4. The van der Waals surface area contributed by atoms with E-state index >= 15 is 0 Å². The summed E-state index contributed by atoms with van der Waals surface area (Å²) in [5.74, 6) is 5.04. The van der Waals surface area contributed by atoms with E-state index in [0.717, 1.165) is 42.3 Å². The van der Waals surface area contributed by atoms with Crippen molar-refractivity contribution in [3.05, 3.63) is 47.3 Å². The molecule has 0 saturated carbocycles. The number of rotatable bonds is 3. The van der Waals surface area contributed by atoms with E-state index in [2.05, 4.69) is 52.8 Å². The maximum atomic E-state index is 13.1. The lowest BCUT2D eigenvalue weighted by Gasteiger charge is -2.51. The van der Waals surface area contributed by atoms with Crippen LogP contribution in [-0.4, -0.2) is 81.5 Å². The number of hydrogen-bond donors (Lipinski definition) is 1. The molecule has 5 heterocycles. The van der Waals surface area contributed by atoms with Gasteiger partial charge in [0.05, 0.1) is 28.4 Å². The van der Waals surface area contributed by atoms with Crippen LogP contribution < -0.4 is 10.2 Å². The molecule has 38 heavy (non-hydrogen) atoms. The number of benzene rings is 1. The Balaban J connectivity index is 1.04. The summed E-state index contributed by atoms with van der Waals surface area (Å²) < 4.78 is 1.93. The van der Waals surface area contributed by atoms with Gasteiger partial charge in [-0.2, -0.15) is 5.10 Å². The van der Waals surface area contributed by atoms with Crippen molar-refractivity contribution in [1.29, 1.82) is 0 Å². The Kier molecular flexibility index (Phi) is 5.65. The Hall–Kier alpha value is -3.97. The van der Waals surface area contributed by atoms with Gasteiger partial charge in [-0.25, -0.2) is 0 Å². The van der Waals surface area contributed by atoms with E-state index in [0.29, 0.717) is 23.1 Å². The number of imide groups is 2. The number of anilines is 1. The Bertz CT molecular complexity index is 1410. The van der Waals surface area contributed by atoms with Gasteiger partial charge < -0.3 is 4.90 Å². The van der Waals surface area contributed by atoms with Gasteiger partial charge in [-0.05, 0) is 45.4 Å². The largest absolute Gasteiger partial charge is 0.368 e. The summed E-state index contributed by atoms with van der Waals surface area (Å²) in [5.41, 5.74) is 2.39. The molecule has 10 heteroatoms. The number of likely N-dealkylation sites (tertiary alicyclic amines) is 1. The van der Waals surface area contributed by atoms with E-state index in [1.165, 1.54) is 0 Å². The summed E-state index contributed by atoms with van der Waals surface area (Å²) in [7, 11) is 0. The number of nitrogens with one attached hydrogen (secondary N) is 1. The molecule has 3 fully saturated rings. The number of aromatic nitrogens is 2. The van der Waals surface area contributed by atoms with Gasteiger partial charge in [0, 0.05) is 56.4 Å². The van der Waals surface area contributed by atoms with Crippen LogP contribution >= 0.6 is 0 Å². The standard InChI is InChI=1S/C28H30N6O4/c1-28(2,3)33-14-17(11-29-33)4-5-18-12-31(13-18)20-15-32(16-20)19-6-7-21-22(10-19)27(38)34(26(21)37)23-8-9-24(35)30-25(23)36/h6-7,10-11,14,18,20,23H,8-9,12-13,15-16H2,1-3H3,(H,30,35,36). The van der Waals surface area contributed by atoms with Crippen molar-refractivity contribution in [2.45, 2.75) is 51.2 Å². The number of amides is 4. The Morgan fingerprint density at radius 3 is 2.42 bits per heavy atom. The average molecular weight is 515 g/mol. The minimum Gasteiger partial charge on any atom is -0.368 e. The second-order valence-electron chi connectivity index (χ2n) is 11.5. The van der Waals surface area contributed by atoms with E-state index in [9.17, 15) is 19.2 Å². The Morgan fingerprint density at radius 1 is 1.00 bits per heavy atom. The van der Waals surface area contributed by atoms with Gasteiger partial charge in [0.25, 0.3) is 11.8 Å². The molecule has 4 aliphatic heterocycles. The first-order chi connectivity index (χ1) is 18.1. The van der Waals surface area contributed by atoms with Crippen LogP contribution in [-0.2, 0) is 15.1 Å². The third-order valence-electron chi connectivity index (χ3n) is 7.77. The highest BCUT2D eigenvalue weighted by Gasteiger charge is 2.45. The topological polar surface area (TPSA) is 108 Å². The molecule has 1 unspecified atom stereocenters. The van der Waals surface area contributed by atoms with Gasteiger partial charge in [-0.1, -0.05) is 11.8 Å². The molecule has 1 aromatic heterocycles. The van der Waals surface area contributed by atoms with Crippen molar-refractivity contribution >= 4 is 29.3 Å². The van der Waals surface area contributed by atoms with Crippen LogP contribution in [0.2, 0.25) is 0 Å². The zero-order chi connectivity index (χ0) is 26.8. The van der Waals surface area contributed by atoms with Crippen LogP contribution in [0.3, 0.4) is 0 Å². The molecule has 3 saturated heterocycles. The number of hydrogen-bond acceptors (Lipinski definition) is 7. The summed E-state index contributed by atoms with van der Waals surface area (Å²) in [5, 5.41) is 6.63. The average Bonchev–Trinajstić information content (AvgIpc) is 3.38. The highest BCUT2D eigenvalue weighted by molar-refractivity contribution is 6.23. The van der Waals surface area contributed by atoms with Crippen molar-refractivity contribution in [2.24, 2.45) is 5.92 Å². The normalized spacial score (nSPS) is 22.6. The number of fused-ring (bicyclic) bond motifs is 1. The molecule has 4 aliphatic rings. The first-order valence-electron chi connectivity index (χ1n) is 13.0. The fraction of sp³-hybridized carbons (Fsp3) is 0.464. The lowest BCUT2D eigenvalue weighted by molar-refractivity contribution is -0.136. The van der Waals surface area contributed by atoms with Crippen molar-refractivity contribution in [3.63, 3.8) is 0 Å². The predicted molar refractivity (Wildman–Crippen MR) is 138 cm³/mol. The molecule has 1 atom stereocenters. The predicted octanol–water partition coefficient (Wildman–Crippen LogP) is 1.21. The minimum atomic E-state index is -0.950. The van der Waals surface area contributed by atoms with Gasteiger partial charge in [0.1, 0.15) is 6.04 Å². The first kappa shape index (κ1) is 24.4. The molecule has 0 aliphatic carbocycles. The van der Waals surface area contributed by atoms with Gasteiger partial charge in [0.2, 0.25) is 11.8 Å². The monoisotopic (exact) mass is 514 g/mol. The van der Waals surface area contributed by atoms with E-state index in [1.54, 1.807) is 12.1 Å². The molecule has 0 bridgehead atoms. The fourth-order valence-corrected chi connectivity index (χ4v) is 5.39. The second-order valence-corrected chi connectivity index (χ2v) is 11.5. The third-order valence-corrected chi connectivity index (χ3v) is 7.77. The van der Waals surface area contributed by atoms with Crippen LogP contribution in [0.5, 0.6) is 0 Å².